The number of rotatable bonds is 3. The number of nitrogens with one attached hydrogen (secondary N) is 1. The Morgan fingerprint density at radius 3 is 2.32 bits per heavy atom. The summed E-state index contributed by atoms with van der Waals surface area (Å²) in [7, 11) is 0. The second-order valence-corrected chi connectivity index (χ2v) is 4.81. The quantitative estimate of drug-likeness (QED) is 0.872. The first-order valence-electron chi connectivity index (χ1n) is 5.29. The van der Waals surface area contributed by atoms with Crippen molar-refractivity contribution in [3.05, 3.63) is 40.7 Å². The van der Waals surface area contributed by atoms with Crippen molar-refractivity contribution in [1.82, 2.24) is 10.2 Å². The number of benzene rings is 1. The molecule has 0 amide bonds. The molecule has 2 aromatic rings. The first-order valence-corrected chi connectivity index (χ1v) is 6.10. The molecule has 2 rings (SSSR count). The van der Waals surface area contributed by atoms with Gasteiger partial charge < -0.3 is 5.32 Å². The van der Waals surface area contributed by atoms with Crippen LogP contribution < -0.4 is 5.32 Å². The summed E-state index contributed by atoms with van der Waals surface area (Å²) in [6.07, 6.45) is -4.49. The molecule has 0 aliphatic carbocycles. The molecule has 0 aliphatic heterocycles. The maximum absolute atomic E-state index is 12.7. The van der Waals surface area contributed by atoms with E-state index in [4.69, 9.17) is 0 Å². The van der Waals surface area contributed by atoms with Crippen molar-refractivity contribution >= 4 is 16.5 Å². The standard InChI is InChI=1S/C11H9F4N3S/c1-6(7-2-4-8(12)5-3-7)16-10-18-17-9(19-10)11(13,14)15/h2-6H,1H3,(H,16,18). The third-order valence-electron chi connectivity index (χ3n) is 2.38. The van der Waals surface area contributed by atoms with Gasteiger partial charge in [-0.3, -0.25) is 0 Å². The maximum Gasteiger partial charge on any atom is 0.445 e. The highest BCUT2D eigenvalue weighted by molar-refractivity contribution is 7.15. The van der Waals surface area contributed by atoms with E-state index in [2.05, 4.69) is 15.5 Å². The number of alkyl halides is 3. The SMILES string of the molecule is CC(Nc1nnc(C(F)(F)F)s1)c1ccc(F)cc1. The predicted molar refractivity (Wildman–Crippen MR) is 63.3 cm³/mol. The van der Waals surface area contributed by atoms with Gasteiger partial charge in [0.05, 0.1) is 6.04 Å². The molecule has 1 N–H and O–H groups in total. The average molecular weight is 291 g/mol. The fourth-order valence-electron chi connectivity index (χ4n) is 1.42. The van der Waals surface area contributed by atoms with Gasteiger partial charge in [0.25, 0.3) is 0 Å². The Morgan fingerprint density at radius 1 is 1.16 bits per heavy atom. The van der Waals surface area contributed by atoms with Gasteiger partial charge in [0.1, 0.15) is 5.82 Å². The predicted octanol–water partition coefficient (Wildman–Crippen LogP) is 3.87. The summed E-state index contributed by atoms with van der Waals surface area (Å²) in [5, 5.41) is 8.37. The summed E-state index contributed by atoms with van der Waals surface area (Å²) < 4.78 is 49.8. The fraction of sp³-hybridized carbons (Fsp3) is 0.273. The van der Waals surface area contributed by atoms with E-state index < -0.39 is 11.2 Å². The van der Waals surface area contributed by atoms with Crippen molar-refractivity contribution in [1.29, 1.82) is 0 Å². The molecule has 1 aromatic carbocycles. The van der Waals surface area contributed by atoms with Gasteiger partial charge in [-0.15, -0.1) is 10.2 Å². The molecule has 0 saturated carbocycles. The number of aromatic nitrogens is 2. The molecule has 0 saturated heterocycles. The highest BCUT2D eigenvalue weighted by Crippen LogP contribution is 2.34. The number of anilines is 1. The van der Waals surface area contributed by atoms with Crippen LogP contribution in [-0.2, 0) is 6.18 Å². The fourth-order valence-corrected chi connectivity index (χ4v) is 2.11. The van der Waals surface area contributed by atoms with Crippen molar-refractivity contribution in [2.75, 3.05) is 5.32 Å². The van der Waals surface area contributed by atoms with Gasteiger partial charge >= 0.3 is 6.18 Å². The number of hydrogen-bond donors (Lipinski definition) is 1. The zero-order valence-electron chi connectivity index (χ0n) is 9.70. The third kappa shape index (κ3) is 3.40. The highest BCUT2D eigenvalue weighted by Gasteiger charge is 2.35. The molecule has 19 heavy (non-hydrogen) atoms. The summed E-state index contributed by atoms with van der Waals surface area (Å²) in [5.41, 5.74) is 0.741. The normalized spacial score (nSPS) is 13.3. The Kier molecular flexibility index (Phi) is 3.70. The maximum atomic E-state index is 12.7. The summed E-state index contributed by atoms with van der Waals surface area (Å²) in [6.45, 7) is 1.74. The first kappa shape index (κ1) is 13.7. The lowest BCUT2D eigenvalue weighted by Gasteiger charge is -2.12. The van der Waals surface area contributed by atoms with Crippen LogP contribution >= 0.6 is 11.3 Å². The number of halogens is 4. The summed E-state index contributed by atoms with van der Waals surface area (Å²) in [4.78, 5) is 0. The number of hydrogen-bond acceptors (Lipinski definition) is 4. The Balaban J connectivity index is 2.08. The van der Waals surface area contributed by atoms with Crippen LogP contribution in [0.1, 0.15) is 23.5 Å². The number of nitrogens with zero attached hydrogens (tertiary/aromatic N) is 2. The van der Waals surface area contributed by atoms with Gasteiger partial charge in [-0.2, -0.15) is 13.2 Å². The largest absolute Gasteiger partial charge is 0.445 e. The van der Waals surface area contributed by atoms with Crippen LogP contribution in [0.5, 0.6) is 0 Å². The van der Waals surface area contributed by atoms with Crippen molar-refractivity contribution in [3.8, 4) is 0 Å². The Hall–Kier alpha value is -1.70. The minimum atomic E-state index is -4.49. The molecule has 1 unspecified atom stereocenters. The van der Waals surface area contributed by atoms with Crippen molar-refractivity contribution in [3.63, 3.8) is 0 Å². The molecule has 1 atom stereocenters. The molecule has 0 radical (unpaired) electrons. The molecule has 1 aromatic heterocycles. The molecule has 3 nitrogen and oxygen atoms in total. The summed E-state index contributed by atoms with van der Waals surface area (Å²) in [5.74, 6) is -0.369. The first-order chi connectivity index (χ1) is 8.86. The zero-order chi connectivity index (χ0) is 14.0. The van der Waals surface area contributed by atoms with Crippen LogP contribution in [0.2, 0.25) is 0 Å². The van der Waals surface area contributed by atoms with Crippen molar-refractivity contribution in [2.24, 2.45) is 0 Å². The Bertz CT molecular complexity index is 550. The van der Waals surface area contributed by atoms with Crippen LogP contribution in [0.3, 0.4) is 0 Å². The molecule has 1 heterocycles. The summed E-state index contributed by atoms with van der Waals surface area (Å²) in [6, 6.07) is 5.38. The van der Waals surface area contributed by atoms with Gasteiger partial charge in [0.15, 0.2) is 0 Å². The van der Waals surface area contributed by atoms with E-state index >= 15 is 0 Å². The minimum Gasteiger partial charge on any atom is -0.354 e. The van der Waals surface area contributed by atoms with Crippen LogP contribution in [0.4, 0.5) is 22.7 Å². The highest BCUT2D eigenvalue weighted by atomic mass is 32.1. The van der Waals surface area contributed by atoms with E-state index in [1.165, 1.54) is 12.1 Å². The minimum absolute atomic E-state index is 0.0733. The van der Waals surface area contributed by atoms with Crippen molar-refractivity contribution < 1.29 is 17.6 Å². The van der Waals surface area contributed by atoms with Crippen LogP contribution in [0.25, 0.3) is 0 Å². The van der Waals surface area contributed by atoms with Gasteiger partial charge in [0.2, 0.25) is 10.1 Å². The molecular formula is C11H9F4N3S. The van der Waals surface area contributed by atoms with E-state index in [0.29, 0.717) is 11.3 Å². The van der Waals surface area contributed by atoms with E-state index in [0.717, 1.165) is 5.56 Å². The van der Waals surface area contributed by atoms with E-state index in [1.807, 2.05) is 0 Å². The summed E-state index contributed by atoms with van der Waals surface area (Å²) >= 11 is 0.434. The molecule has 0 fully saturated rings. The van der Waals surface area contributed by atoms with Gasteiger partial charge in [0, 0.05) is 0 Å². The van der Waals surface area contributed by atoms with E-state index in [1.54, 1.807) is 19.1 Å². The van der Waals surface area contributed by atoms with Gasteiger partial charge in [-0.25, -0.2) is 4.39 Å². The van der Waals surface area contributed by atoms with Crippen molar-refractivity contribution in [2.45, 2.75) is 19.1 Å². The van der Waals surface area contributed by atoms with E-state index in [9.17, 15) is 17.6 Å². The smallest absolute Gasteiger partial charge is 0.354 e. The van der Waals surface area contributed by atoms with Crippen LogP contribution in [0, 0.1) is 5.82 Å². The third-order valence-corrected chi connectivity index (χ3v) is 3.28. The topological polar surface area (TPSA) is 37.8 Å². The zero-order valence-corrected chi connectivity index (χ0v) is 10.5. The van der Waals surface area contributed by atoms with Crippen LogP contribution in [-0.4, -0.2) is 10.2 Å². The molecular weight excluding hydrogens is 282 g/mol. The Labute approximate surface area is 110 Å². The lowest BCUT2D eigenvalue weighted by atomic mass is 10.1. The second-order valence-electron chi connectivity index (χ2n) is 3.83. The van der Waals surface area contributed by atoms with Crippen LogP contribution in [0.15, 0.2) is 24.3 Å². The second kappa shape index (κ2) is 5.12. The Morgan fingerprint density at radius 2 is 1.79 bits per heavy atom. The lowest BCUT2D eigenvalue weighted by Crippen LogP contribution is -2.06. The lowest BCUT2D eigenvalue weighted by molar-refractivity contribution is -0.138. The molecule has 0 aliphatic rings. The molecule has 0 spiro atoms. The monoisotopic (exact) mass is 291 g/mol. The molecule has 102 valence electrons. The van der Waals surface area contributed by atoms with E-state index in [-0.39, 0.29) is 17.0 Å². The molecule has 8 heteroatoms. The van der Waals surface area contributed by atoms with Gasteiger partial charge in [-0.1, -0.05) is 23.5 Å². The molecule has 0 bridgehead atoms. The van der Waals surface area contributed by atoms with Gasteiger partial charge in [-0.05, 0) is 24.6 Å². The average Bonchev–Trinajstić information content (AvgIpc) is 2.78.